The van der Waals surface area contributed by atoms with E-state index in [1.165, 1.54) is 0 Å². The van der Waals surface area contributed by atoms with Gasteiger partial charge in [0.1, 0.15) is 0 Å². The van der Waals surface area contributed by atoms with E-state index < -0.39 is 24.0 Å². The van der Waals surface area contributed by atoms with Gasteiger partial charge in [-0.15, -0.1) is 5.10 Å². The lowest BCUT2D eigenvalue weighted by Crippen LogP contribution is -2.36. The molecule has 2 heterocycles. The van der Waals surface area contributed by atoms with Gasteiger partial charge in [-0.05, 0) is 25.0 Å². The highest BCUT2D eigenvalue weighted by Gasteiger charge is 2.41. The number of anilines is 1. The van der Waals surface area contributed by atoms with Crippen LogP contribution in [0.5, 0.6) is 0 Å². The molecule has 10 heteroatoms. The quantitative estimate of drug-likeness (QED) is 0.886. The van der Waals surface area contributed by atoms with Gasteiger partial charge in [-0.2, -0.15) is 18.3 Å². The SMILES string of the molecule is O=C(NC[C@@H]1CC(C(F)(F)F)=NO1)Nc1ccc(C2CC2)nn1. The first-order valence-corrected chi connectivity index (χ1v) is 7.10. The van der Waals surface area contributed by atoms with Crippen LogP contribution < -0.4 is 10.6 Å². The summed E-state index contributed by atoms with van der Waals surface area (Å²) < 4.78 is 37.2. The van der Waals surface area contributed by atoms with Gasteiger partial charge in [-0.3, -0.25) is 5.32 Å². The Morgan fingerprint density at radius 1 is 1.30 bits per heavy atom. The highest BCUT2D eigenvalue weighted by molar-refractivity contribution is 5.91. The van der Waals surface area contributed by atoms with Crippen molar-refractivity contribution in [3.8, 4) is 0 Å². The second-order valence-electron chi connectivity index (χ2n) is 5.42. The molecule has 2 amide bonds. The number of amides is 2. The number of alkyl halides is 3. The van der Waals surface area contributed by atoms with Crippen LogP contribution in [0.25, 0.3) is 0 Å². The molecule has 124 valence electrons. The van der Waals surface area contributed by atoms with E-state index >= 15 is 0 Å². The summed E-state index contributed by atoms with van der Waals surface area (Å²) in [5.41, 5.74) is -0.0848. The molecule has 1 aliphatic heterocycles. The van der Waals surface area contributed by atoms with E-state index in [-0.39, 0.29) is 18.8 Å². The first-order valence-electron chi connectivity index (χ1n) is 7.10. The fraction of sp³-hybridized carbons (Fsp3) is 0.538. The second-order valence-corrected chi connectivity index (χ2v) is 5.42. The van der Waals surface area contributed by atoms with Crippen LogP contribution in [-0.2, 0) is 4.84 Å². The molecule has 2 aliphatic rings. The van der Waals surface area contributed by atoms with Gasteiger partial charge in [0.05, 0.1) is 12.2 Å². The molecule has 0 radical (unpaired) electrons. The molecule has 0 unspecified atom stereocenters. The maximum atomic E-state index is 12.4. The van der Waals surface area contributed by atoms with Crippen LogP contribution >= 0.6 is 0 Å². The zero-order valence-electron chi connectivity index (χ0n) is 11.9. The summed E-state index contributed by atoms with van der Waals surface area (Å²) in [4.78, 5) is 16.3. The van der Waals surface area contributed by atoms with E-state index in [4.69, 9.17) is 0 Å². The van der Waals surface area contributed by atoms with Gasteiger partial charge in [0.2, 0.25) is 0 Å². The van der Waals surface area contributed by atoms with Crippen molar-refractivity contribution in [3.05, 3.63) is 17.8 Å². The van der Waals surface area contributed by atoms with Crippen molar-refractivity contribution in [2.24, 2.45) is 5.16 Å². The number of nitrogens with zero attached hydrogens (tertiary/aromatic N) is 3. The Morgan fingerprint density at radius 2 is 2.09 bits per heavy atom. The van der Waals surface area contributed by atoms with Gasteiger partial charge in [-0.25, -0.2) is 4.79 Å². The van der Waals surface area contributed by atoms with E-state index in [0.717, 1.165) is 18.5 Å². The molecule has 0 saturated heterocycles. The smallest absolute Gasteiger partial charge is 0.390 e. The van der Waals surface area contributed by atoms with Crippen molar-refractivity contribution < 1.29 is 22.8 Å². The highest BCUT2D eigenvalue weighted by Crippen LogP contribution is 2.38. The molecular formula is C13H14F3N5O2. The average Bonchev–Trinajstić information content (AvgIpc) is 3.22. The molecular weight excluding hydrogens is 315 g/mol. The van der Waals surface area contributed by atoms with Crippen LogP contribution in [0, 0.1) is 0 Å². The minimum absolute atomic E-state index is 0.0947. The van der Waals surface area contributed by atoms with Crippen LogP contribution in [0.15, 0.2) is 17.3 Å². The van der Waals surface area contributed by atoms with Crippen LogP contribution in [0.2, 0.25) is 0 Å². The van der Waals surface area contributed by atoms with E-state index in [1.807, 2.05) is 0 Å². The number of nitrogens with one attached hydrogen (secondary N) is 2. The number of carbonyl (C=O) groups excluding carboxylic acids is 1. The Labute approximate surface area is 129 Å². The standard InChI is InChI=1S/C13H14F3N5O2/c14-13(15,16)10-5-8(23-21-10)6-17-12(22)18-11-4-3-9(19-20-11)7-1-2-7/h3-4,7-8H,1-2,5-6H2,(H2,17,18,20,22)/t8-/m0/s1. The van der Waals surface area contributed by atoms with Crippen LogP contribution in [-0.4, -0.2) is 40.8 Å². The molecule has 1 aromatic heterocycles. The van der Waals surface area contributed by atoms with Gasteiger partial charge < -0.3 is 10.2 Å². The molecule has 0 aromatic carbocycles. The number of halogens is 3. The molecule has 2 N–H and O–H groups in total. The summed E-state index contributed by atoms with van der Waals surface area (Å²) in [6.45, 7) is -0.0947. The van der Waals surface area contributed by atoms with Crippen molar-refractivity contribution in [1.29, 1.82) is 0 Å². The Bertz CT molecular complexity index is 613. The predicted octanol–water partition coefficient (Wildman–Crippen LogP) is 2.18. The number of aromatic nitrogens is 2. The van der Waals surface area contributed by atoms with E-state index in [2.05, 4.69) is 30.8 Å². The molecule has 1 fully saturated rings. The largest absolute Gasteiger partial charge is 0.432 e. The number of rotatable bonds is 4. The first kappa shape index (κ1) is 15.5. The third-order valence-corrected chi connectivity index (χ3v) is 3.47. The summed E-state index contributed by atoms with van der Waals surface area (Å²) >= 11 is 0. The lowest BCUT2D eigenvalue weighted by molar-refractivity contribution is -0.0604. The van der Waals surface area contributed by atoms with Gasteiger partial charge >= 0.3 is 12.2 Å². The summed E-state index contributed by atoms with van der Waals surface area (Å²) in [5, 5.41) is 15.7. The lowest BCUT2D eigenvalue weighted by Gasteiger charge is -2.10. The van der Waals surface area contributed by atoms with Gasteiger partial charge in [0, 0.05) is 12.3 Å². The molecule has 1 atom stereocenters. The molecule has 23 heavy (non-hydrogen) atoms. The van der Waals surface area contributed by atoms with E-state index in [0.29, 0.717) is 5.92 Å². The van der Waals surface area contributed by atoms with Crippen LogP contribution in [0.3, 0.4) is 0 Å². The molecule has 0 spiro atoms. The molecule has 7 nitrogen and oxygen atoms in total. The lowest BCUT2D eigenvalue weighted by atomic mass is 10.2. The third kappa shape index (κ3) is 4.08. The average molecular weight is 329 g/mol. The molecule has 1 saturated carbocycles. The monoisotopic (exact) mass is 329 g/mol. The van der Waals surface area contributed by atoms with Crippen molar-refractivity contribution in [1.82, 2.24) is 15.5 Å². The van der Waals surface area contributed by atoms with E-state index in [1.54, 1.807) is 12.1 Å². The fourth-order valence-corrected chi connectivity index (χ4v) is 2.08. The Balaban J connectivity index is 1.42. The normalized spacial score (nSPS) is 20.7. The van der Waals surface area contributed by atoms with Crippen molar-refractivity contribution in [2.75, 3.05) is 11.9 Å². The van der Waals surface area contributed by atoms with Crippen molar-refractivity contribution >= 4 is 17.6 Å². The van der Waals surface area contributed by atoms with Gasteiger partial charge in [-0.1, -0.05) is 5.16 Å². The first-order chi connectivity index (χ1) is 10.9. The summed E-state index contributed by atoms with van der Waals surface area (Å²) in [6, 6.07) is 2.84. The zero-order chi connectivity index (χ0) is 16.4. The Morgan fingerprint density at radius 3 is 2.65 bits per heavy atom. The van der Waals surface area contributed by atoms with Crippen molar-refractivity contribution in [2.45, 2.75) is 37.5 Å². The van der Waals surface area contributed by atoms with Gasteiger partial charge in [0.25, 0.3) is 0 Å². The topological polar surface area (TPSA) is 88.5 Å². The summed E-state index contributed by atoms with van der Waals surface area (Å²) in [6.07, 6.45) is -3.52. The number of urea groups is 1. The number of hydrogen-bond acceptors (Lipinski definition) is 5. The number of carbonyl (C=O) groups is 1. The zero-order valence-corrected chi connectivity index (χ0v) is 11.9. The van der Waals surface area contributed by atoms with Crippen LogP contribution in [0.1, 0.15) is 30.9 Å². The number of oxime groups is 1. The van der Waals surface area contributed by atoms with E-state index in [9.17, 15) is 18.0 Å². The molecule has 1 aliphatic carbocycles. The molecule has 3 rings (SSSR count). The minimum Gasteiger partial charge on any atom is -0.390 e. The fourth-order valence-electron chi connectivity index (χ4n) is 2.08. The maximum Gasteiger partial charge on any atom is 0.432 e. The summed E-state index contributed by atoms with van der Waals surface area (Å²) in [5.74, 6) is 0.735. The van der Waals surface area contributed by atoms with Gasteiger partial charge in [0.15, 0.2) is 17.6 Å². The highest BCUT2D eigenvalue weighted by atomic mass is 19.4. The minimum atomic E-state index is -4.50. The third-order valence-electron chi connectivity index (χ3n) is 3.47. The second kappa shape index (κ2) is 6.01. The predicted molar refractivity (Wildman–Crippen MR) is 74.0 cm³/mol. The summed E-state index contributed by atoms with van der Waals surface area (Å²) in [7, 11) is 0. The van der Waals surface area contributed by atoms with Crippen molar-refractivity contribution in [3.63, 3.8) is 0 Å². The van der Waals surface area contributed by atoms with Crippen LogP contribution in [0.4, 0.5) is 23.8 Å². The maximum absolute atomic E-state index is 12.4. The number of hydrogen-bond donors (Lipinski definition) is 2. The molecule has 0 bridgehead atoms. The Kier molecular flexibility index (Phi) is 4.05. The Hall–Kier alpha value is -2.39. The molecule has 1 aromatic rings.